The molecule has 0 aromatic heterocycles. The lowest BCUT2D eigenvalue weighted by molar-refractivity contribution is 0.144. The number of nitrogens with two attached hydrogens (primary N) is 2. The smallest absolute Gasteiger partial charge is 0.146 e. The maximum atomic E-state index is 12.8. The van der Waals surface area contributed by atoms with Gasteiger partial charge in [0.05, 0.1) is 11.8 Å². The van der Waals surface area contributed by atoms with Gasteiger partial charge in [-0.05, 0) is 24.1 Å². The number of hydrogen-bond acceptors (Lipinski definition) is 3. The predicted octanol–water partition coefficient (Wildman–Crippen LogP) is 1.18. The largest absolute Gasteiger partial charge is 0.396 e. The zero-order chi connectivity index (χ0) is 10.7. The van der Waals surface area contributed by atoms with Crippen LogP contribution < -0.4 is 11.5 Å². The van der Waals surface area contributed by atoms with Crippen molar-refractivity contribution in [3.05, 3.63) is 29.6 Å². The predicted molar refractivity (Wildman–Crippen MR) is 54.0 cm³/mol. The Morgan fingerprint density at radius 3 is 2.64 bits per heavy atom. The summed E-state index contributed by atoms with van der Waals surface area (Å²) in [5, 5.41) is 9.70. The number of nitrogen functional groups attached to an aromatic ring is 1. The molecule has 0 unspecified atom stereocenters. The van der Waals surface area contributed by atoms with E-state index < -0.39 is 11.9 Å². The standard InChI is InChI=1S/C10H15FN2O/c1-2-8(12)10(14)6-3-4-7(11)9(13)5-6/h3-5,8,10,14H,2,12-13H2,1H3/t8-,10-/m1/s1. The van der Waals surface area contributed by atoms with Crippen molar-refractivity contribution in [1.82, 2.24) is 0 Å². The fraction of sp³-hybridized carbons (Fsp3) is 0.400. The molecule has 4 heteroatoms. The third-order valence-corrected chi connectivity index (χ3v) is 2.24. The van der Waals surface area contributed by atoms with E-state index in [1.54, 1.807) is 0 Å². The van der Waals surface area contributed by atoms with Crippen LogP contribution in [0, 0.1) is 5.82 Å². The van der Waals surface area contributed by atoms with Crippen LogP contribution in [-0.4, -0.2) is 11.1 Å². The van der Waals surface area contributed by atoms with Gasteiger partial charge in [-0.1, -0.05) is 13.0 Å². The number of benzene rings is 1. The summed E-state index contributed by atoms with van der Waals surface area (Å²) in [5.74, 6) is -0.481. The van der Waals surface area contributed by atoms with Gasteiger partial charge in [-0.2, -0.15) is 0 Å². The second-order valence-electron chi connectivity index (χ2n) is 3.30. The molecule has 0 spiro atoms. The molecule has 0 saturated heterocycles. The molecule has 14 heavy (non-hydrogen) atoms. The van der Waals surface area contributed by atoms with Crippen molar-refractivity contribution in [2.75, 3.05) is 5.73 Å². The third kappa shape index (κ3) is 2.21. The molecular weight excluding hydrogens is 183 g/mol. The molecule has 0 aliphatic heterocycles. The summed E-state index contributed by atoms with van der Waals surface area (Å²) in [4.78, 5) is 0. The minimum atomic E-state index is -0.789. The summed E-state index contributed by atoms with van der Waals surface area (Å²) in [6.07, 6.45) is -0.138. The van der Waals surface area contributed by atoms with E-state index in [2.05, 4.69) is 0 Å². The van der Waals surface area contributed by atoms with Gasteiger partial charge < -0.3 is 16.6 Å². The van der Waals surface area contributed by atoms with Gasteiger partial charge >= 0.3 is 0 Å². The summed E-state index contributed by atoms with van der Waals surface area (Å²) in [7, 11) is 0. The topological polar surface area (TPSA) is 72.3 Å². The molecule has 0 heterocycles. The molecule has 0 aliphatic carbocycles. The highest BCUT2D eigenvalue weighted by atomic mass is 19.1. The lowest BCUT2D eigenvalue weighted by Gasteiger charge is -2.17. The number of rotatable bonds is 3. The Balaban J connectivity index is 2.91. The number of aliphatic hydroxyl groups is 1. The van der Waals surface area contributed by atoms with Gasteiger partial charge in [0.25, 0.3) is 0 Å². The molecular formula is C10H15FN2O. The van der Waals surface area contributed by atoms with Crippen LogP contribution in [0.5, 0.6) is 0 Å². The summed E-state index contributed by atoms with van der Waals surface area (Å²) in [6.45, 7) is 1.88. The van der Waals surface area contributed by atoms with Crippen molar-refractivity contribution >= 4 is 5.69 Å². The average molecular weight is 198 g/mol. The van der Waals surface area contributed by atoms with Gasteiger partial charge in [-0.25, -0.2) is 4.39 Å². The maximum absolute atomic E-state index is 12.8. The van der Waals surface area contributed by atoms with Gasteiger partial charge in [0.1, 0.15) is 5.82 Å². The molecule has 0 saturated carbocycles. The second-order valence-corrected chi connectivity index (χ2v) is 3.30. The monoisotopic (exact) mass is 198 g/mol. The van der Waals surface area contributed by atoms with Crippen LogP contribution in [0.25, 0.3) is 0 Å². The Bertz CT molecular complexity index is 317. The Morgan fingerprint density at radius 1 is 1.50 bits per heavy atom. The molecule has 5 N–H and O–H groups in total. The van der Waals surface area contributed by atoms with E-state index in [4.69, 9.17) is 11.5 Å². The molecule has 1 aromatic carbocycles. The zero-order valence-electron chi connectivity index (χ0n) is 8.07. The molecule has 0 aliphatic rings. The van der Waals surface area contributed by atoms with E-state index in [9.17, 15) is 9.50 Å². The third-order valence-electron chi connectivity index (χ3n) is 2.24. The van der Waals surface area contributed by atoms with Crippen LogP contribution in [0.2, 0.25) is 0 Å². The van der Waals surface area contributed by atoms with Crippen LogP contribution in [0.15, 0.2) is 18.2 Å². The molecule has 0 fully saturated rings. The number of hydrogen-bond donors (Lipinski definition) is 3. The van der Waals surface area contributed by atoms with Crippen molar-refractivity contribution < 1.29 is 9.50 Å². The minimum absolute atomic E-state index is 0.0323. The number of aliphatic hydroxyl groups excluding tert-OH is 1. The summed E-state index contributed by atoms with van der Waals surface area (Å²) in [5.41, 5.74) is 11.6. The fourth-order valence-corrected chi connectivity index (χ4v) is 1.22. The summed E-state index contributed by atoms with van der Waals surface area (Å²) < 4.78 is 12.8. The first kappa shape index (κ1) is 10.9. The average Bonchev–Trinajstić information content (AvgIpc) is 2.20. The molecule has 0 amide bonds. The Kier molecular flexibility index (Phi) is 3.43. The summed E-state index contributed by atoms with van der Waals surface area (Å²) in [6, 6.07) is 3.79. The molecule has 3 nitrogen and oxygen atoms in total. The molecule has 2 atom stereocenters. The molecule has 1 aromatic rings. The van der Waals surface area contributed by atoms with Crippen LogP contribution in [0.4, 0.5) is 10.1 Å². The van der Waals surface area contributed by atoms with Gasteiger partial charge in [-0.15, -0.1) is 0 Å². The molecule has 1 rings (SSSR count). The first-order valence-electron chi connectivity index (χ1n) is 4.54. The van der Waals surface area contributed by atoms with Crippen molar-refractivity contribution in [1.29, 1.82) is 0 Å². The molecule has 78 valence electrons. The SMILES string of the molecule is CC[C@@H](N)[C@H](O)c1ccc(F)c(N)c1. The van der Waals surface area contributed by atoms with Crippen molar-refractivity contribution in [2.24, 2.45) is 5.73 Å². The van der Waals surface area contributed by atoms with E-state index in [1.807, 2.05) is 6.92 Å². The summed E-state index contributed by atoms with van der Waals surface area (Å²) >= 11 is 0. The lowest BCUT2D eigenvalue weighted by atomic mass is 10.0. The van der Waals surface area contributed by atoms with Gasteiger partial charge in [0.15, 0.2) is 0 Å². The van der Waals surface area contributed by atoms with Crippen molar-refractivity contribution in [3.63, 3.8) is 0 Å². The van der Waals surface area contributed by atoms with Crippen molar-refractivity contribution in [2.45, 2.75) is 25.5 Å². The van der Waals surface area contributed by atoms with Crippen LogP contribution in [-0.2, 0) is 0 Å². The second kappa shape index (κ2) is 4.39. The Morgan fingerprint density at radius 2 is 2.14 bits per heavy atom. The highest BCUT2D eigenvalue weighted by molar-refractivity contribution is 5.43. The lowest BCUT2D eigenvalue weighted by Crippen LogP contribution is -2.27. The quantitative estimate of drug-likeness (QED) is 0.638. The van der Waals surface area contributed by atoms with E-state index in [0.717, 1.165) is 0 Å². The fourth-order valence-electron chi connectivity index (χ4n) is 1.22. The first-order chi connectivity index (χ1) is 6.56. The van der Waals surface area contributed by atoms with Gasteiger partial charge in [0.2, 0.25) is 0 Å². The van der Waals surface area contributed by atoms with Gasteiger partial charge in [-0.3, -0.25) is 0 Å². The highest BCUT2D eigenvalue weighted by Crippen LogP contribution is 2.21. The Hall–Kier alpha value is -1.13. The highest BCUT2D eigenvalue weighted by Gasteiger charge is 2.15. The number of anilines is 1. The maximum Gasteiger partial charge on any atom is 0.146 e. The molecule has 0 bridgehead atoms. The van der Waals surface area contributed by atoms with Crippen LogP contribution in [0.1, 0.15) is 25.0 Å². The van der Waals surface area contributed by atoms with E-state index in [-0.39, 0.29) is 11.7 Å². The number of halogens is 1. The first-order valence-corrected chi connectivity index (χ1v) is 4.54. The van der Waals surface area contributed by atoms with Crippen LogP contribution in [0.3, 0.4) is 0 Å². The van der Waals surface area contributed by atoms with Crippen molar-refractivity contribution in [3.8, 4) is 0 Å². The molecule has 0 radical (unpaired) electrons. The van der Waals surface area contributed by atoms with E-state index in [1.165, 1.54) is 18.2 Å². The van der Waals surface area contributed by atoms with Gasteiger partial charge in [0, 0.05) is 6.04 Å². The zero-order valence-corrected chi connectivity index (χ0v) is 8.07. The van der Waals surface area contributed by atoms with E-state index >= 15 is 0 Å². The Labute approximate surface area is 82.5 Å². The van der Waals surface area contributed by atoms with E-state index in [0.29, 0.717) is 12.0 Å². The van der Waals surface area contributed by atoms with Crippen LogP contribution >= 0.6 is 0 Å². The minimum Gasteiger partial charge on any atom is -0.396 e. The normalized spacial score (nSPS) is 15.1.